The Morgan fingerprint density at radius 2 is 1.40 bits per heavy atom. The molecular weight excluding hydrogens is 210 g/mol. The number of rotatable bonds is 2. The normalized spacial score (nSPS) is 44.6. The van der Waals surface area contributed by atoms with Crippen molar-refractivity contribution < 1.29 is 35.4 Å². The van der Waals surface area contributed by atoms with E-state index in [1.54, 1.807) is 0 Å². The van der Waals surface area contributed by atoms with Gasteiger partial charge in [0.05, 0.1) is 0 Å². The molecule has 0 bridgehead atoms. The van der Waals surface area contributed by atoms with Gasteiger partial charge in [0.1, 0.15) is 5.41 Å². The summed E-state index contributed by atoms with van der Waals surface area (Å²) in [6.07, 6.45) is -1.94. The number of ether oxygens (including phenoxy) is 1. The quantitative estimate of drug-likeness (QED) is 0.234. The SMILES string of the molecule is COC(O)C1(C)C(O)(O)C(N)(O)C1(O)O. The minimum Gasteiger partial charge on any atom is -0.367 e. The van der Waals surface area contributed by atoms with Gasteiger partial charge in [-0.1, -0.05) is 0 Å². The van der Waals surface area contributed by atoms with E-state index in [9.17, 15) is 30.6 Å². The molecule has 0 aromatic carbocycles. The molecule has 0 saturated heterocycles. The predicted molar refractivity (Wildman–Crippen MR) is 44.6 cm³/mol. The maximum Gasteiger partial charge on any atom is 0.228 e. The van der Waals surface area contributed by atoms with Crippen LogP contribution in [0, 0.1) is 5.41 Å². The van der Waals surface area contributed by atoms with Crippen molar-refractivity contribution >= 4 is 0 Å². The van der Waals surface area contributed by atoms with Crippen LogP contribution in [0.5, 0.6) is 0 Å². The standard InChI is InChI=1S/C7H15NO7/c1-4(3(9)15-2)6(11,12)5(8,10)7(4,13)14/h3,9-14H,8H2,1-2H3. The van der Waals surface area contributed by atoms with E-state index in [1.165, 1.54) is 0 Å². The number of hydrogen-bond acceptors (Lipinski definition) is 8. The summed E-state index contributed by atoms with van der Waals surface area (Å²) in [6, 6.07) is 0. The van der Waals surface area contributed by atoms with Gasteiger partial charge in [0.15, 0.2) is 6.29 Å². The fraction of sp³-hybridized carbons (Fsp3) is 1.00. The van der Waals surface area contributed by atoms with Gasteiger partial charge in [0.2, 0.25) is 17.3 Å². The number of hydrogen-bond donors (Lipinski definition) is 7. The average Bonchev–Trinajstić information content (AvgIpc) is 2.13. The van der Waals surface area contributed by atoms with E-state index >= 15 is 0 Å². The molecule has 8 heteroatoms. The zero-order valence-electron chi connectivity index (χ0n) is 8.25. The molecule has 8 N–H and O–H groups in total. The molecule has 0 aromatic rings. The first kappa shape index (κ1) is 12.7. The van der Waals surface area contributed by atoms with Gasteiger partial charge in [0.25, 0.3) is 0 Å². The van der Waals surface area contributed by atoms with Crippen LogP contribution in [-0.2, 0) is 4.74 Å². The lowest BCUT2D eigenvalue weighted by Crippen LogP contribution is -2.96. The zero-order chi connectivity index (χ0) is 12.3. The van der Waals surface area contributed by atoms with Crippen LogP contribution in [0.1, 0.15) is 6.92 Å². The first-order valence-electron chi connectivity index (χ1n) is 4.10. The third-order valence-corrected chi connectivity index (χ3v) is 3.23. The molecule has 1 rings (SSSR count). The van der Waals surface area contributed by atoms with Crippen molar-refractivity contribution in [2.24, 2.45) is 11.1 Å². The van der Waals surface area contributed by atoms with Crippen molar-refractivity contribution in [3.05, 3.63) is 0 Å². The molecule has 1 saturated carbocycles. The minimum absolute atomic E-state index is 0.891. The molecule has 1 atom stereocenters. The van der Waals surface area contributed by atoms with Crippen LogP contribution >= 0.6 is 0 Å². The average molecular weight is 225 g/mol. The third kappa shape index (κ3) is 0.978. The maximum atomic E-state index is 9.42. The number of methoxy groups -OCH3 is 1. The van der Waals surface area contributed by atoms with E-state index in [0.29, 0.717) is 0 Å². The monoisotopic (exact) mass is 225 g/mol. The molecule has 15 heavy (non-hydrogen) atoms. The van der Waals surface area contributed by atoms with Gasteiger partial charge >= 0.3 is 0 Å². The summed E-state index contributed by atoms with van der Waals surface area (Å²) in [4.78, 5) is 0. The van der Waals surface area contributed by atoms with E-state index in [2.05, 4.69) is 4.74 Å². The van der Waals surface area contributed by atoms with Gasteiger partial charge in [-0.25, -0.2) is 0 Å². The van der Waals surface area contributed by atoms with E-state index in [1.807, 2.05) is 0 Å². The Bertz CT molecular complexity index is 257. The fourth-order valence-electron chi connectivity index (χ4n) is 1.80. The molecule has 90 valence electrons. The fourth-order valence-corrected chi connectivity index (χ4v) is 1.80. The van der Waals surface area contributed by atoms with Gasteiger partial charge < -0.3 is 35.4 Å². The van der Waals surface area contributed by atoms with Crippen molar-refractivity contribution in [1.82, 2.24) is 0 Å². The highest BCUT2D eigenvalue weighted by Gasteiger charge is 2.88. The Morgan fingerprint density at radius 3 is 1.67 bits per heavy atom. The highest BCUT2D eigenvalue weighted by Crippen LogP contribution is 2.60. The zero-order valence-corrected chi connectivity index (χ0v) is 8.25. The molecule has 0 aliphatic heterocycles. The Morgan fingerprint density at radius 1 is 1.07 bits per heavy atom. The van der Waals surface area contributed by atoms with Crippen molar-refractivity contribution in [3.63, 3.8) is 0 Å². The van der Waals surface area contributed by atoms with Crippen LogP contribution < -0.4 is 5.73 Å². The summed E-state index contributed by atoms with van der Waals surface area (Å²) in [5.74, 6) is -6.22. The smallest absolute Gasteiger partial charge is 0.228 e. The highest BCUT2D eigenvalue weighted by atomic mass is 16.6. The topological polar surface area (TPSA) is 157 Å². The largest absolute Gasteiger partial charge is 0.367 e. The molecule has 0 heterocycles. The van der Waals surface area contributed by atoms with Crippen LogP contribution in [0.15, 0.2) is 0 Å². The maximum absolute atomic E-state index is 9.42. The lowest BCUT2D eigenvalue weighted by molar-refractivity contribution is -0.559. The highest BCUT2D eigenvalue weighted by molar-refractivity contribution is 5.25. The first-order valence-corrected chi connectivity index (χ1v) is 4.10. The Hall–Kier alpha value is -0.320. The van der Waals surface area contributed by atoms with Crippen LogP contribution in [0.2, 0.25) is 0 Å². The van der Waals surface area contributed by atoms with Crippen molar-refractivity contribution in [1.29, 1.82) is 0 Å². The van der Waals surface area contributed by atoms with E-state index in [4.69, 9.17) is 5.73 Å². The second-order valence-electron chi connectivity index (χ2n) is 3.90. The second-order valence-corrected chi connectivity index (χ2v) is 3.90. The third-order valence-electron chi connectivity index (χ3n) is 3.23. The van der Waals surface area contributed by atoms with Crippen LogP contribution in [0.4, 0.5) is 0 Å². The Balaban J connectivity index is 3.23. The van der Waals surface area contributed by atoms with Gasteiger partial charge in [-0.05, 0) is 6.92 Å². The summed E-state index contributed by atoms with van der Waals surface area (Å²) in [5.41, 5.74) is -0.518. The summed E-state index contributed by atoms with van der Waals surface area (Å²) in [5, 5.41) is 56.2. The Kier molecular flexibility index (Phi) is 2.44. The molecule has 1 aliphatic carbocycles. The second kappa shape index (κ2) is 2.87. The molecule has 0 aromatic heterocycles. The first-order chi connectivity index (χ1) is 6.48. The van der Waals surface area contributed by atoms with Gasteiger partial charge in [-0.15, -0.1) is 0 Å². The molecule has 0 spiro atoms. The number of nitrogens with two attached hydrogens (primary N) is 1. The van der Waals surface area contributed by atoms with Crippen molar-refractivity contribution in [2.75, 3.05) is 7.11 Å². The lowest BCUT2D eigenvalue weighted by Gasteiger charge is -2.67. The molecular formula is C7H15NO7. The van der Waals surface area contributed by atoms with Crippen molar-refractivity contribution in [2.45, 2.75) is 30.5 Å². The molecule has 1 aliphatic rings. The van der Waals surface area contributed by atoms with Crippen LogP contribution in [0.25, 0.3) is 0 Å². The van der Waals surface area contributed by atoms with E-state index in [0.717, 1.165) is 14.0 Å². The molecule has 1 unspecified atom stereocenters. The molecule has 0 amide bonds. The summed E-state index contributed by atoms with van der Waals surface area (Å²) in [6.45, 7) is 0.891. The van der Waals surface area contributed by atoms with E-state index < -0.39 is 29.0 Å². The molecule has 0 radical (unpaired) electrons. The minimum atomic E-state index is -3.11. The van der Waals surface area contributed by atoms with Crippen molar-refractivity contribution in [3.8, 4) is 0 Å². The number of aliphatic hydroxyl groups is 6. The Labute approximate surface area is 85.1 Å². The summed E-state index contributed by atoms with van der Waals surface area (Å²) < 4.78 is 4.37. The van der Waals surface area contributed by atoms with Crippen LogP contribution in [0.3, 0.4) is 0 Å². The van der Waals surface area contributed by atoms with Gasteiger partial charge in [-0.3, -0.25) is 5.73 Å². The predicted octanol–water partition coefficient (Wildman–Crippen LogP) is -4.02. The summed E-state index contributed by atoms with van der Waals surface area (Å²) >= 11 is 0. The van der Waals surface area contributed by atoms with Crippen LogP contribution in [-0.4, -0.2) is 61.3 Å². The van der Waals surface area contributed by atoms with Gasteiger partial charge in [0, 0.05) is 7.11 Å². The number of aliphatic hydroxyl groups excluding tert-OH is 1. The molecule has 1 fully saturated rings. The molecule has 8 nitrogen and oxygen atoms in total. The van der Waals surface area contributed by atoms with E-state index in [-0.39, 0.29) is 0 Å². The van der Waals surface area contributed by atoms with Gasteiger partial charge in [-0.2, -0.15) is 0 Å². The lowest BCUT2D eigenvalue weighted by atomic mass is 9.52. The summed E-state index contributed by atoms with van der Waals surface area (Å²) in [7, 11) is 1.01.